The lowest BCUT2D eigenvalue weighted by molar-refractivity contribution is -0.138. The topological polar surface area (TPSA) is 138 Å². The molecule has 3 amide bonds. The van der Waals surface area contributed by atoms with E-state index in [0.717, 1.165) is 0 Å². The van der Waals surface area contributed by atoms with Crippen LogP contribution in [0.3, 0.4) is 0 Å². The number of nitrogens with zero attached hydrogens (tertiary/aromatic N) is 1. The molecular formula is C17H18N2O7S. The third-order valence-electron chi connectivity index (χ3n) is 4.68. The molecule has 1 fully saturated rings. The third kappa shape index (κ3) is 3.70. The molecule has 0 bridgehead atoms. The Labute approximate surface area is 155 Å². The number of aliphatic carboxylic acids is 1. The van der Waals surface area contributed by atoms with Crippen molar-refractivity contribution in [2.45, 2.75) is 43.2 Å². The molecule has 0 aliphatic carbocycles. The Morgan fingerprint density at radius 1 is 1.26 bits per heavy atom. The molecule has 1 atom stereocenters. The fourth-order valence-electron chi connectivity index (χ4n) is 3.37. The summed E-state index contributed by atoms with van der Waals surface area (Å²) >= 11 is 0. The number of hydrogen-bond acceptors (Lipinski definition) is 6. The van der Waals surface area contributed by atoms with Gasteiger partial charge in [-0.05, 0) is 25.0 Å². The van der Waals surface area contributed by atoms with Crippen molar-refractivity contribution >= 4 is 33.5 Å². The van der Waals surface area contributed by atoms with Crippen LogP contribution in [-0.2, 0) is 30.8 Å². The van der Waals surface area contributed by atoms with Gasteiger partial charge in [-0.1, -0.05) is 6.07 Å². The fourth-order valence-corrected chi connectivity index (χ4v) is 4.95. The lowest BCUT2D eigenvalue weighted by Gasteiger charge is -2.29. The summed E-state index contributed by atoms with van der Waals surface area (Å²) in [6, 6.07) is 3.51. The number of fused-ring (bicyclic) bond motifs is 1. The first-order valence-electron chi connectivity index (χ1n) is 8.42. The summed E-state index contributed by atoms with van der Waals surface area (Å²) in [5.74, 6) is -2.85. The number of carboxylic acid groups (broad SMARTS) is 1. The van der Waals surface area contributed by atoms with E-state index in [-0.39, 0.29) is 48.4 Å². The summed E-state index contributed by atoms with van der Waals surface area (Å²) in [6.45, 7) is -0.0468. The van der Waals surface area contributed by atoms with Gasteiger partial charge >= 0.3 is 5.97 Å². The SMILES string of the molecule is O=C(O)CCCS(=O)(=O)c1cccc2c1CN(C1CCC(=O)NC1=O)C2=O. The van der Waals surface area contributed by atoms with E-state index in [0.29, 0.717) is 5.56 Å². The van der Waals surface area contributed by atoms with Crippen LogP contribution in [0.15, 0.2) is 23.1 Å². The first kappa shape index (κ1) is 19.0. The van der Waals surface area contributed by atoms with Gasteiger partial charge in [0.25, 0.3) is 5.91 Å². The van der Waals surface area contributed by atoms with Crippen molar-refractivity contribution < 1.29 is 32.7 Å². The zero-order valence-electron chi connectivity index (χ0n) is 14.3. The smallest absolute Gasteiger partial charge is 0.303 e. The van der Waals surface area contributed by atoms with Gasteiger partial charge < -0.3 is 10.0 Å². The van der Waals surface area contributed by atoms with Crippen LogP contribution < -0.4 is 5.32 Å². The maximum atomic E-state index is 12.7. The van der Waals surface area contributed by atoms with E-state index in [4.69, 9.17) is 5.11 Å². The molecule has 0 radical (unpaired) electrons. The van der Waals surface area contributed by atoms with Gasteiger partial charge in [0.15, 0.2) is 9.84 Å². The Bertz CT molecular complexity index is 939. The summed E-state index contributed by atoms with van der Waals surface area (Å²) in [5, 5.41) is 10.9. The summed E-state index contributed by atoms with van der Waals surface area (Å²) in [4.78, 5) is 48.0. The number of carbonyl (C=O) groups is 4. The van der Waals surface area contributed by atoms with Crippen LogP contribution in [0, 0.1) is 0 Å². The second kappa shape index (κ2) is 7.10. The molecule has 144 valence electrons. The van der Waals surface area contributed by atoms with E-state index in [1.165, 1.54) is 23.1 Å². The molecule has 2 aliphatic rings. The van der Waals surface area contributed by atoms with Crippen LogP contribution in [0.4, 0.5) is 0 Å². The molecule has 1 saturated heterocycles. The zero-order chi connectivity index (χ0) is 19.8. The van der Waals surface area contributed by atoms with Gasteiger partial charge in [0.2, 0.25) is 11.8 Å². The highest BCUT2D eigenvalue weighted by atomic mass is 32.2. The van der Waals surface area contributed by atoms with Gasteiger partial charge in [0, 0.05) is 30.5 Å². The third-order valence-corrected chi connectivity index (χ3v) is 6.56. The molecule has 10 heteroatoms. The van der Waals surface area contributed by atoms with Crippen LogP contribution >= 0.6 is 0 Å². The van der Waals surface area contributed by atoms with Crippen molar-refractivity contribution in [1.29, 1.82) is 0 Å². The Kier molecular flexibility index (Phi) is 5.01. The molecule has 1 aromatic carbocycles. The number of carboxylic acids is 1. The quantitative estimate of drug-likeness (QED) is 0.652. The number of piperidine rings is 1. The average molecular weight is 394 g/mol. The molecule has 0 spiro atoms. The highest BCUT2D eigenvalue weighted by molar-refractivity contribution is 7.91. The van der Waals surface area contributed by atoms with Gasteiger partial charge in [-0.3, -0.25) is 24.5 Å². The number of amides is 3. The lowest BCUT2D eigenvalue weighted by Crippen LogP contribution is -2.52. The highest BCUT2D eigenvalue weighted by Crippen LogP contribution is 2.32. The molecule has 0 saturated carbocycles. The maximum Gasteiger partial charge on any atom is 0.303 e. The maximum absolute atomic E-state index is 12.7. The number of benzene rings is 1. The van der Waals surface area contributed by atoms with Crippen LogP contribution in [0.5, 0.6) is 0 Å². The second-order valence-electron chi connectivity index (χ2n) is 6.50. The number of nitrogens with one attached hydrogen (secondary N) is 1. The molecule has 1 unspecified atom stereocenters. The van der Waals surface area contributed by atoms with Crippen LogP contribution in [0.25, 0.3) is 0 Å². The largest absolute Gasteiger partial charge is 0.481 e. The first-order valence-corrected chi connectivity index (χ1v) is 10.1. The second-order valence-corrected chi connectivity index (χ2v) is 8.58. The summed E-state index contributed by atoms with van der Waals surface area (Å²) in [7, 11) is -3.78. The lowest BCUT2D eigenvalue weighted by atomic mass is 10.0. The predicted molar refractivity (Wildman–Crippen MR) is 91.4 cm³/mol. The predicted octanol–water partition coefficient (Wildman–Crippen LogP) is 0.0861. The van der Waals surface area contributed by atoms with Crippen molar-refractivity contribution in [3.05, 3.63) is 29.3 Å². The molecular weight excluding hydrogens is 376 g/mol. The number of hydrogen-bond donors (Lipinski definition) is 2. The van der Waals surface area contributed by atoms with Gasteiger partial charge in [-0.25, -0.2) is 8.42 Å². The standard InChI is InChI=1S/C17H18N2O7S/c20-14-7-6-12(16(23)18-14)19-9-11-10(17(19)24)3-1-4-13(11)27(25,26)8-2-5-15(21)22/h1,3-4,12H,2,5-9H2,(H,21,22)(H,18,20,23). The molecule has 1 aromatic rings. The Balaban J connectivity index is 1.86. The fraction of sp³-hybridized carbons (Fsp3) is 0.412. The van der Waals surface area contributed by atoms with Gasteiger partial charge in [-0.2, -0.15) is 0 Å². The summed E-state index contributed by atoms with van der Waals surface area (Å²) in [5.41, 5.74) is 0.515. The molecule has 2 N–H and O–H groups in total. The van der Waals surface area contributed by atoms with Crippen molar-refractivity contribution in [2.75, 3.05) is 5.75 Å². The van der Waals surface area contributed by atoms with E-state index in [1.807, 2.05) is 0 Å². The van der Waals surface area contributed by atoms with Crippen LogP contribution in [-0.4, -0.2) is 53.9 Å². The molecule has 27 heavy (non-hydrogen) atoms. The van der Waals surface area contributed by atoms with Gasteiger partial charge in [-0.15, -0.1) is 0 Å². The highest BCUT2D eigenvalue weighted by Gasteiger charge is 2.40. The average Bonchev–Trinajstić information content (AvgIpc) is 2.91. The van der Waals surface area contributed by atoms with E-state index < -0.39 is 39.6 Å². The van der Waals surface area contributed by atoms with Crippen molar-refractivity contribution in [3.63, 3.8) is 0 Å². The van der Waals surface area contributed by atoms with E-state index in [1.54, 1.807) is 0 Å². The Morgan fingerprint density at radius 2 is 2.00 bits per heavy atom. The monoisotopic (exact) mass is 394 g/mol. The molecule has 0 aromatic heterocycles. The number of imide groups is 1. The van der Waals surface area contributed by atoms with Crippen LogP contribution in [0.1, 0.15) is 41.6 Å². The van der Waals surface area contributed by atoms with Gasteiger partial charge in [0.1, 0.15) is 6.04 Å². The Hall–Kier alpha value is -2.75. The minimum atomic E-state index is -3.78. The minimum absolute atomic E-state index is 0.0199. The summed E-state index contributed by atoms with van der Waals surface area (Å²) < 4.78 is 25.2. The first-order chi connectivity index (χ1) is 12.7. The van der Waals surface area contributed by atoms with Crippen molar-refractivity contribution in [1.82, 2.24) is 10.2 Å². The van der Waals surface area contributed by atoms with E-state index in [2.05, 4.69) is 5.32 Å². The minimum Gasteiger partial charge on any atom is -0.481 e. The number of rotatable bonds is 6. The molecule has 2 heterocycles. The van der Waals surface area contributed by atoms with E-state index in [9.17, 15) is 27.6 Å². The number of carbonyl (C=O) groups excluding carboxylic acids is 3. The van der Waals surface area contributed by atoms with Crippen LogP contribution in [0.2, 0.25) is 0 Å². The van der Waals surface area contributed by atoms with Crippen molar-refractivity contribution in [3.8, 4) is 0 Å². The van der Waals surface area contributed by atoms with Crippen molar-refractivity contribution in [2.24, 2.45) is 0 Å². The zero-order valence-corrected chi connectivity index (χ0v) is 15.1. The molecule has 2 aliphatic heterocycles. The van der Waals surface area contributed by atoms with E-state index >= 15 is 0 Å². The Morgan fingerprint density at radius 3 is 2.67 bits per heavy atom. The number of sulfone groups is 1. The molecule has 9 nitrogen and oxygen atoms in total. The normalized spacial score (nSPS) is 19.8. The van der Waals surface area contributed by atoms with Gasteiger partial charge in [0.05, 0.1) is 10.6 Å². The summed E-state index contributed by atoms with van der Waals surface area (Å²) in [6.07, 6.45) is -0.0102. The molecule has 3 rings (SSSR count).